The van der Waals surface area contributed by atoms with E-state index < -0.39 is 0 Å². The van der Waals surface area contributed by atoms with E-state index in [0.29, 0.717) is 33.5 Å². The number of aryl methyl sites for hydroxylation is 2. The maximum Gasteiger partial charge on any atom is 0.238 e. The number of thiophene rings is 1. The Morgan fingerprint density at radius 2 is 2.03 bits per heavy atom. The first-order valence-electron chi connectivity index (χ1n) is 12.8. The van der Waals surface area contributed by atoms with E-state index in [1.165, 1.54) is 22.2 Å². The van der Waals surface area contributed by atoms with Crippen LogP contribution in [0.2, 0.25) is 0 Å². The molecule has 0 fully saturated rings. The Kier molecular flexibility index (Phi) is 7.89. The van der Waals surface area contributed by atoms with Gasteiger partial charge in [0.1, 0.15) is 22.2 Å². The van der Waals surface area contributed by atoms with E-state index >= 15 is 0 Å². The first-order chi connectivity index (χ1) is 16.8. The fourth-order valence-electron chi connectivity index (χ4n) is 5.19. The number of carbonyl (C=O) groups excluding carboxylic acids is 1. The average molecular weight is 507 g/mol. The predicted molar refractivity (Wildman–Crippen MR) is 143 cm³/mol. The van der Waals surface area contributed by atoms with Crippen molar-refractivity contribution < 1.29 is 4.79 Å². The molecule has 7 heteroatoms. The molecular formula is C28H34N4OS2. The summed E-state index contributed by atoms with van der Waals surface area (Å²) in [6.07, 6.45) is 8.85. The number of nitrogens with zero attached hydrogens (tertiary/aromatic N) is 3. The van der Waals surface area contributed by atoms with E-state index in [9.17, 15) is 15.3 Å². The lowest BCUT2D eigenvalue weighted by atomic mass is 9.69. The number of hydrogen-bond donors (Lipinski definition) is 1. The van der Waals surface area contributed by atoms with Crippen molar-refractivity contribution in [2.24, 2.45) is 11.3 Å². The lowest BCUT2D eigenvalue weighted by Crippen LogP contribution is -2.29. The van der Waals surface area contributed by atoms with Crippen LogP contribution in [0.15, 0.2) is 11.1 Å². The summed E-state index contributed by atoms with van der Waals surface area (Å²) in [4.78, 5) is 19.4. The highest BCUT2D eigenvalue weighted by atomic mass is 32.2. The Hall–Kier alpha value is -2.35. The minimum atomic E-state index is -0.381. The van der Waals surface area contributed by atoms with Gasteiger partial charge in [-0.05, 0) is 79.9 Å². The molecule has 184 valence electrons. The third-order valence-electron chi connectivity index (χ3n) is 7.93. The van der Waals surface area contributed by atoms with Crippen LogP contribution in [0.25, 0.3) is 0 Å². The molecule has 2 unspecified atom stereocenters. The standard InChI is InChI=1S/C28H34N4OS2/c1-5-23(25(33)32-27-21(16-30)20-9-7-8-10-24(20)35-27)34-26-18(15-29)13-17-14-19(28(3,4)6-2)11-12-22(17)31-26/h13,19,23H,5-12,14H2,1-4H3,(H,32,33). The minimum absolute atomic E-state index is 0.124. The second kappa shape index (κ2) is 10.7. The average Bonchev–Trinajstić information content (AvgIpc) is 3.22. The van der Waals surface area contributed by atoms with Crippen molar-refractivity contribution in [3.05, 3.63) is 38.9 Å². The van der Waals surface area contributed by atoms with Crippen molar-refractivity contribution in [1.82, 2.24) is 4.98 Å². The van der Waals surface area contributed by atoms with Crippen LogP contribution in [0, 0.1) is 34.0 Å². The van der Waals surface area contributed by atoms with Crippen molar-refractivity contribution >= 4 is 34.0 Å². The molecule has 2 heterocycles. The first-order valence-corrected chi connectivity index (χ1v) is 14.5. The van der Waals surface area contributed by atoms with Crippen molar-refractivity contribution in [1.29, 1.82) is 10.5 Å². The molecule has 0 radical (unpaired) electrons. The van der Waals surface area contributed by atoms with E-state index in [-0.39, 0.29) is 16.6 Å². The molecule has 0 bridgehead atoms. The minimum Gasteiger partial charge on any atom is -0.316 e. The van der Waals surface area contributed by atoms with Crippen LogP contribution >= 0.6 is 23.1 Å². The molecule has 1 N–H and O–H groups in total. The molecule has 4 rings (SSSR count). The zero-order valence-electron chi connectivity index (χ0n) is 21.2. The van der Waals surface area contributed by atoms with E-state index in [2.05, 4.69) is 38.2 Å². The number of carbonyl (C=O) groups is 1. The molecule has 2 aromatic rings. The number of rotatable bonds is 7. The van der Waals surface area contributed by atoms with Gasteiger partial charge in [0.15, 0.2) is 0 Å². The van der Waals surface area contributed by atoms with Gasteiger partial charge in [-0.15, -0.1) is 11.3 Å². The molecule has 2 aliphatic carbocycles. The number of aromatic nitrogens is 1. The van der Waals surface area contributed by atoms with Crippen LogP contribution in [-0.2, 0) is 30.5 Å². The van der Waals surface area contributed by atoms with Crippen molar-refractivity contribution in [3.63, 3.8) is 0 Å². The summed E-state index contributed by atoms with van der Waals surface area (Å²) in [6, 6.07) is 6.65. The molecule has 5 nitrogen and oxygen atoms in total. The largest absolute Gasteiger partial charge is 0.316 e. The molecule has 35 heavy (non-hydrogen) atoms. The SMILES string of the molecule is CCC(Sc1nc2c(cc1C#N)CC(C(C)(C)CC)CC2)C(=O)Nc1sc2c(c1C#N)CCCC2. The van der Waals surface area contributed by atoms with Gasteiger partial charge in [-0.1, -0.05) is 45.9 Å². The molecule has 0 aliphatic heterocycles. The number of pyridine rings is 1. The molecule has 0 saturated heterocycles. The Bertz CT molecular complexity index is 1200. The third kappa shape index (κ3) is 5.27. The van der Waals surface area contributed by atoms with Gasteiger partial charge >= 0.3 is 0 Å². The second-order valence-electron chi connectivity index (χ2n) is 10.4. The highest BCUT2D eigenvalue weighted by Crippen LogP contribution is 2.41. The van der Waals surface area contributed by atoms with Gasteiger partial charge in [-0.2, -0.15) is 10.5 Å². The van der Waals surface area contributed by atoms with Gasteiger partial charge < -0.3 is 5.32 Å². The number of amides is 1. The van der Waals surface area contributed by atoms with Crippen LogP contribution < -0.4 is 5.32 Å². The molecule has 0 spiro atoms. The van der Waals surface area contributed by atoms with E-state index in [0.717, 1.165) is 62.6 Å². The van der Waals surface area contributed by atoms with Gasteiger partial charge in [-0.25, -0.2) is 4.98 Å². The van der Waals surface area contributed by atoms with Gasteiger partial charge in [0.2, 0.25) is 5.91 Å². The topological polar surface area (TPSA) is 89.6 Å². The summed E-state index contributed by atoms with van der Waals surface area (Å²) in [5, 5.41) is 23.6. The van der Waals surface area contributed by atoms with Gasteiger partial charge in [0.25, 0.3) is 0 Å². The van der Waals surface area contributed by atoms with Gasteiger partial charge in [0.05, 0.1) is 16.4 Å². The first kappa shape index (κ1) is 25.7. The fourth-order valence-corrected chi connectivity index (χ4v) is 7.43. The summed E-state index contributed by atoms with van der Waals surface area (Å²) in [6.45, 7) is 8.88. The van der Waals surface area contributed by atoms with Crippen LogP contribution in [0.1, 0.15) is 92.6 Å². The summed E-state index contributed by atoms with van der Waals surface area (Å²) >= 11 is 2.92. The normalized spacial score (nSPS) is 18.1. The third-order valence-corrected chi connectivity index (χ3v) is 10.5. The molecule has 0 aromatic carbocycles. The number of nitrogens with one attached hydrogen (secondary N) is 1. The van der Waals surface area contributed by atoms with Crippen molar-refractivity contribution in [2.75, 3.05) is 5.32 Å². The number of hydrogen-bond acceptors (Lipinski definition) is 6. The Morgan fingerprint density at radius 1 is 1.26 bits per heavy atom. The Balaban J connectivity index is 1.53. The van der Waals surface area contributed by atoms with Gasteiger partial charge in [0, 0.05) is 10.6 Å². The maximum absolute atomic E-state index is 13.3. The van der Waals surface area contributed by atoms with Crippen molar-refractivity contribution in [2.45, 2.75) is 95.8 Å². The molecule has 2 aliphatic rings. The smallest absolute Gasteiger partial charge is 0.238 e. The number of anilines is 1. The number of nitriles is 2. The quantitative estimate of drug-likeness (QED) is 0.416. The Labute approximate surface area is 217 Å². The van der Waals surface area contributed by atoms with E-state index in [1.807, 2.05) is 13.0 Å². The van der Waals surface area contributed by atoms with Crippen LogP contribution in [0.4, 0.5) is 5.00 Å². The molecule has 0 saturated carbocycles. The lowest BCUT2D eigenvalue weighted by Gasteiger charge is -2.37. The lowest BCUT2D eigenvalue weighted by molar-refractivity contribution is -0.115. The van der Waals surface area contributed by atoms with Crippen LogP contribution in [-0.4, -0.2) is 16.1 Å². The predicted octanol–water partition coefficient (Wildman–Crippen LogP) is 6.82. The van der Waals surface area contributed by atoms with E-state index in [1.54, 1.807) is 11.3 Å². The summed E-state index contributed by atoms with van der Waals surface area (Å²) in [5.41, 5.74) is 4.83. The fraction of sp³-hybridized carbons (Fsp3) is 0.571. The monoisotopic (exact) mass is 506 g/mol. The molecular weight excluding hydrogens is 472 g/mol. The van der Waals surface area contributed by atoms with Crippen molar-refractivity contribution in [3.8, 4) is 12.1 Å². The molecule has 1 amide bonds. The zero-order chi connectivity index (χ0) is 25.2. The maximum atomic E-state index is 13.3. The molecule has 2 atom stereocenters. The Morgan fingerprint density at radius 3 is 2.71 bits per heavy atom. The summed E-state index contributed by atoms with van der Waals surface area (Å²) in [7, 11) is 0. The van der Waals surface area contributed by atoms with Crippen LogP contribution in [0.5, 0.6) is 0 Å². The summed E-state index contributed by atoms with van der Waals surface area (Å²) < 4.78 is 0. The second-order valence-corrected chi connectivity index (χ2v) is 12.7. The summed E-state index contributed by atoms with van der Waals surface area (Å²) in [5.74, 6) is 0.465. The highest BCUT2D eigenvalue weighted by molar-refractivity contribution is 8.00. The number of thioether (sulfide) groups is 1. The highest BCUT2D eigenvalue weighted by Gasteiger charge is 2.33. The molecule has 2 aromatic heterocycles. The van der Waals surface area contributed by atoms with E-state index in [4.69, 9.17) is 4.98 Å². The van der Waals surface area contributed by atoms with Gasteiger partial charge in [-0.3, -0.25) is 4.79 Å². The van der Waals surface area contributed by atoms with Crippen LogP contribution in [0.3, 0.4) is 0 Å². The number of fused-ring (bicyclic) bond motifs is 2. The zero-order valence-corrected chi connectivity index (χ0v) is 22.8.